The molecular formula is C67H42N4. The molecule has 2 heterocycles. The monoisotopic (exact) mass is 902 g/mol. The van der Waals surface area contributed by atoms with E-state index in [0.717, 1.165) is 61.8 Å². The Balaban J connectivity index is 0.881. The van der Waals surface area contributed by atoms with E-state index in [4.69, 9.17) is 9.97 Å². The molecule has 0 saturated carbocycles. The lowest BCUT2D eigenvalue weighted by Crippen LogP contribution is -2.31. The van der Waals surface area contributed by atoms with Gasteiger partial charge < -0.3 is 0 Å². The van der Waals surface area contributed by atoms with Gasteiger partial charge in [0.25, 0.3) is 0 Å². The Morgan fingerprint density at radius 1 is 0.282 bits per heavy atom. The number of hydrogen-bond acceptors (Lipinski definition) is 2. The van der Waals surface area contributed by atoms with Crippen molar-refractivity contribution in [1.82, 2.24) is 19.1 Å². The first-order valence-corrected chi connectivity index (χ1v) is 24.4. The summed E-state index contributed by atoms with van der Waals surface area (Å²) in [6.45, 7) is 0. The summed E-state index contributed by atoms with van der Waals surface area (Å²) in [5.74, 6) is 1.86. The molecule has 1 atom stereocenters. The van der Waals surface area contributed by atoms with Crippen LogP contribution >= 0.6 is 0 Å². The van der Waals surface area contributed by atoms with Crippen LogP contribution in [0.1, 0.15) is 22.3 Å². The second-order valence-electron chi connectivity index (χ2n) is 18.8. The topological polar surface area (TPSA) is 35.6 Å². The summed E-state index contributed by atoms with van der Waals surface area (Å²) >= 11 is 0. The van der Waals surface area contributed by atoms with Crippen LogP contribution in [0, 0.1) is 0 Å². The van der Waals surface area contributed by atoms with Crippen LogP contribution in [0.4, 0.5) is 0 Å². The lowest BCUT2D eigenvalue weighted by Gasteiger charge is -2.40. The third-order valence-electron chi connectivity index (χ3n) is 15.2. The maximum atomic E-state index is 5.17. The van der Waals surface area contributed by atoms with E-state index >= 15 is 0 Å². The molecule has 0 aliphatic heterocycles. The zero-order valence-corrected chi connectivity index (χ0v) is 38.5. The molecule has 2 aliphatic rings. The molecule has 1 spiro atoms. The molecular weight excluding hydrogens is 861 g/mol. The van der Waals surface area contributed by atoms with Crippen LogP contribution in [0.5, 0.6) is 0 Å². The number of aromatic nitrogens is 4. The second-order valence-corrected chi connectivity index (χ2v) is 18.8. The molecule has 71 heavy (non-hydrogen) atoms. The molecule has 0 N–H and O–H groups in total. The van der Waals surface area contributed by atoms with Crippen molar-refractivity contribution in [2.45, 2.75) is 5.41 Å². The average molecular weight is 903 g/mol. The quantitative estimate of drug-likeness (QED) is 0.167. The maximum Gasteiger partial charge on any atom is 0.145 e. The molecule has 4 nitrogen and oxygen atoms in total. The van der Waals surface area contributed by atoms with Crippen molar-refractivity contribution in [1.29, 1.82) is 0 Å². The number of para-hydroxylation sites is 6. The van der Waals surface area contributed by atoms with E-state index in [1.54, 1.807) is 0 Å². The van der Waals surface area contributed by atoms with E-state index < -0.39 is 5.41 Å². The molecule has 0 fully saturated rings. The highest BCUT2D eigenvalue weighted by Crippen LogP contribution is 2.62. The molecule has 0 bridgehead atoms. The SMILES string of the molecule is c1ccc(-n2c(-c3ccc(-c4ccc5c(c4)C4(c6ccccc6-5)c5ccccc5-c5ccc(-c6ccc(-c7nc8ccccc8n7-c7ccccc7)cc6)c6cccc4c56)cc3)nc3ccccc32)cc1. The van der Waals surface area contributed by atoms with Crippen molar-refractivity contribution in [3.8, 4) is 78.7 Å². The van der Waals surface area contributed by atoms with Crippen molar-refractivity contribution >= 4 is 32.8 Å². The molecule has 330 valence electrons. The highest BCUT2D eigenvalue weighted by molar-refractivity contribution is 6.12. The zero-order valence-electron chi connectivity index (χ0n) is 38.5. The fourth-order valence-electron chi connectivity index (χ4n) is 12.2. The van der Waals surface area contributed by atoms with Crippen LogP contribution < -0.4 is 0 Å². The minimum absolute atomic E-state index is 0.551. The Bertz CT molecular complexity index is 4260. The van der Waals surface area contributed by atoms with Crippen molar-refractivity contribution in [2.75, 3.05) is 0 Å². The van der Waals surface area contributed by atoms with E-state index in [-0.39, 0.29) is 0 Å². The van der Waals surface area contributed by atoms with Crippen LogP contribution in [0.2, 0.25) is 0 Å². The Morgan fingerprint density at radius 3 is 1.32 bits per heavy atom. The molecule has 2 aromatic heterocycles. The lowest BCUT2D eigenvalue weighted by atomic mass is 9.61. The van der Waals surface area contributed by atoms with Crippen molar-refractivity contribution in [2.24, 2.45) is 0 Å². The van der Waals surface area contributed by atoms with Crippen LogP contribution in [0.3, 0.4) is 0 Å². The Kier molecular flexibility index (Phi) is 8.54. The molecule has 11 aromatic carbocycles. The zero-order chi connectivity index (χ0) is 46.6. The standard InChI is InChI=1S/C67H42N4/c1-3-16-48(17-4-1)70-62-28-13-11-26-60(62)68-65(70)45-34-30-43(31-35-45)47-38-39-53-51-20-7-9-23-56(51)67(59(53)42-47)57-24-10-8-21-52(57)55-41-40-50(54-22-15-25-58(67)64(54)55)44-32-36-46(37-33-44)66-69-61-27-12-14-29-63(61)71(66)49-18-5-2-6-19-49/h1-42H. The first-order valence-electron chi connectivity index (χ1n) is 24.4. The number of hydrogen-bond donors (Lipinski definition) is 0. The van der Waals surface area contributed by atoms with Crippen LogP contribution in [0.15, 0.2) is 255 Å². The number of rotatable bonds is 6. The average Bonchev–Trinajstić information content (AvgIpc) is 4.12. The number of nitrogens with zero attached hydrogens (tertiary/aromatic N) is 4. The maximum absolute atomic E-state index is 5.17. The van der Waals surface area contributed by atoms with E-state index in [9.17, 15) is 0 Å². The minimum atomic E-state index is -0.551. The van der Waals surface area contributed by atoms with Gasteiger partial charge in [-0.15, -0.1) is 0 Å². The summed E-state index contributed by atoms with van der Waals surface area (Å²) in [4.78, 5) is 10.3. The Labute approximate surface area is 411 Å². The van der Waals surface area contributed by atoms with Crippen LogP contribution in [0.25, 0.3) is 111 Å². The van der Waals surface area contributed by atoms with E-state index in [1.165, 1.54) is 72.0 Å². The van der Waals surface area contributed by atoms with Gasteiger partial charge in [-0.05, 0) is 132 Å². The van der Waals surface area contributed by atoms with Gasteiger partial charge in [-0.25, -0.2) is 9.97 Å². The van der Waals surface area contributed by atoms with Crippen molar-refractivity contribution < 1.29 is 0 Å². The first-order chi connectivity index (χ1) is 35.2. The third kappa shape index (κ3) is 5.73. The summed E-state index contributed by atoms with van der Waals surface area (Å²) in [5.41, 5.74) is 23.0. The normalized spacial score (nSPS) is 14.3. The fourth-order valence-corrected chi connectivity index (χ4v) is 12.2. The summed E-state index contributed by atoms with van der Waals surface area (Å²) in [6, 6.07) is 92.9. The summed E-state index contributed by atoms with van der Waals surface area (Å²) in [7, 11) is 0. The van der Waals surface area contributed by atoms with Gasteiger partial charge >= 0.3 is 0 Å². The van der Waals surface area contributed by atoms with E-state index in [1.807, 2.05) is 0 Å². The van der Waals surface area contributed by atoms with E-state index in [2.05, 4.69) is 264 Å². The molecule has 2 aliphatic carbocycles. The van der Waals surface area contributed by atoms with Gasteiger partial charge in [-0.3, -0.25) is 9.13 Å². The predicted octanol–water partition coefficient (Wildman–Crippen LogP) is 16.5. The highest BCUT2D eigenvalue weighted by Gasteiger charge is 2.50. The summed E-state index contributed by atoms with van der Waals surface area (Å²) in [5, 5.41) is 2.55. The lowest BCUT2D eigenvalue weighted by molar-refractivity contribution is 0.774. The Morgan fingerprint density at radius 2 is 0.718 bits per heavy atom. The molecule has 15 rings (SSSR count). The largest absolute Gasteiger partial charge is 0.292 e. The van der Waals surface area contributed by atoms with Gasteiger partial charge in [0.2, 0.25) is 0 Å². The van der Waals surface area contributed by atoms with Crippen molar-refractivity contribution in [3.05, 3.63) is 277 Å². The molecule has 0 radical (unpaired) electrons. The van der Waals surface area contributed by atoms with Gasteiger partial charge in [0.1, 0.15) is 11.6 Å². The molecule has 13 aromatic rings. The fraction of sp³-hybridized carbons (Fsp3) is 0.0149. The third-order valence-corrected chi connectivity index (χ3v) is 15.2. The van der Waals surface area contributed by atoms with E-state index in [0.29, 0.717) is 0 Å². The molecule has 4 heteroatoms. The molecule has 0 saturated heterocycles. The number of fused-ring (bicyclic) bond motifs is 11. The Hall–Kier alpha value is -9.38. The van der Waals surface area contributed by atoms with Gasteiger partial charge in [0.05, 0.1) is 27.5 Å². The van der Waals surface area contributed by atoms with Crippen LogP contribution in [-0.2, 0) is 5.41 Å². The predicted molar refractivity (Wildman–Crippen MR) is 291 cm³/mol. The van der Waals surface area contributed by atoms with Crippen molar-refractivity contribution in [3.63, 3.8) is 0 Å². The van der Waals surface area contributed by atoms with Gasteiger partial charge in [-0.1, -0.05) is 200 Å². The number of imidazole rings is 2. The first kappa shape index (κ1) is 39.6. The summed E-state index contributed by atoms with van der Waals surface area (Å²) in [6.07, 6.45) is 0. The molecule has 0 amide bonds. The molecule has 1 unspecified atom stereocenters. The summed E-state index contributed by atoms with van der Waals surface area (Å²) < 4.78 is 4.54. The van der Waals surface area contributed by atoms with Gasteiger partial charge in [0.15, 0.2) is 0 Å². The van der Waals surface area contributed by atoms with Gasteiger partial charge in [-0.2, -0.15) is 0 Å². The second kappa shape index (κ2) is 15.3. The highest BCUT2D eigenvalue weighted by atomic mass is 15.1. The minimum Gasteiger partial charge on any atom is -0.292 e. The number of benzene rings is 11. The smallest absolute Gasteiger partial charge is 0.145 e. The van der Waals surface area contributed by atoms with Crippen LogP contribution in [-0.4, -0.2) is 19.1 Å². The van der Waals surface area contributed by atoms with Gasteiger partial charge in [0, 0.05) is 22.5 Å².